The van der Waals surface area contributed by atoms with Crippen molar-refractivity contribution >= 4 is 22.7 Å². The number of rotatable bonds is 4. The van der Waals surface area contributed by atoms with Crippen molar-refractivity contribution in [2.75, 3.05) is 33.7 Å². The second-order valence-corrected chi connectivity index (χ2v) is 6.13. The number of aryl methyl sites for hydroxylation is 1. The lowest BCUT2D eigenvalue weighted by Gasteiger charge is -2.38. The van der Waals surface area contributed by atoms with Crippen molar-refractivity contribution < 1.29 is 9.59 Å². The van der Waals surface area contributed by atoms with Gasteiger partial charge in [-0.25, -0.2) is 0 Å². The Morgan fingerprint density at radius 3 is 2.88 bits per heavy atom. The Balaban J connectivity index is 1.61. The van der Waals surface area contributed by atoms with E-state index < -0.39 is 0 Å². The van der Waals surface area contributed by atoms with Crippen LogP contribution >= 0.6 is 0 Å². The summed E-state index contributed by atoms with van der Waals surface area (Å²) in [5.74, 6) is 0.0182. The molecule has 1 fully saturated rings. The smallest absolute Gasteiger partial charge is 0.238 e. The van der Waals surface area contributed by atoms with Gasteiger partial charge in [-0.3, -0.25) is 19.2 Å². The van der Waals surface area contributed by atoms with E-state index in [1.807, 2.05) is 47.1 Å². The van der Waals surface area contributed by atoms with Crippen LogP contribution in [0.3, 0.4) is 0 Å². The van der Waals surface area contributed by atoms with Crippen molar-refractivity contribution in [2.24, 2.45) is 0 Å². The average molecular weight is 329 g/mol. The molecule has 1 aromatic carbocycles. The maximum atomic E-state index is 12.5. The summed E-state index contributed by atoms with van der Waals surface area (Å²) in [5.41, 5.74) is 1.03. The molecule has 7 heteroatoms. The number of benzene rings is 1. The van der Waals surface area contributed by atoms with Gasteiger partial charge in [0.15, 0.2) is 0 Å². The van der Waals surface area contributed by atoms with Crippen molar-refractivity contribution in [3.8, 4) is 0 Å². The van der Waals surface area contributed by atoms with Crippen LogP contribution in [0.15, 0.2) is 30.5 Å². The Hall–Kier alpha value is -2.41. The Labute approximate surface area is 141 Å². The largest absolute Gasteiger partial charge is 0.358 e. The van der Waals surface area contributed by atoms with E-state index in [0.717, 1.165) is 10.9 Å². The van der Waals surface area contributed by atoms with E-state index in [1.165, 1.54) is 0 Å². The highest BCUT2D eigenvalue weighted by Gasteiger charge is 2.31. The van der Waals surface area contributed by atoms with Crippen LogP contribution in [0.25, 0.3) is 10.9 Å². The van der Waals surface area contributed by atoms with Crippen molar-refractivity contribution in [3.63, 3.8) is 0 Å². The number of amides is 2. The first-order valence-corrected chi connectivity index (χ1v) is 8.20. The van der Waals surface area contributed by atoms with Gasteiger partial charge in [0.05, 0.1) is 18.3 Å². The molecule has 128 valence electrons. The van der Waals surface area contributed by atoms with E-state index in [9.17, 15) is 9.59 Å². The van der Waals surface area contributed by atoms with Crippen molar-refractivity contribution in [1.29, 1.82) is 0 Å². The molecule has 1 aromatic heterocycles. The molecule has 0 saturated carbocycles. The summed E-state index contributed by atoms with van der Waals surface area (Å²) in [6.07, 6.45) is 2.20. The molecule has 1 saturated heterocycles. The second kappa shape index (κ2) is 7.00. The fraction of sp³-hybridized carbons (Fsp3) is 0.471. The van der Waals surface area contributed by atoms with E-state index in [-0.39, 0.29) is 17.9 Å². The number of piperazine rings is 1. The van der Waals surface area contributed by atoms with Crippen molar-refractivity contribution in [1.82, 2.24) is 24.9 Å². The minimum atomic E-state index is -0.279. The van der Waals surface area contributed by atoms with Crippen molar-refractivity contribution in [3.05, 3.63) is 30.5 Å². The minimum Gasteiger partial charge on any atom is -0.358 e. The van der Waals surface area contributed by atoms with Crippen LogP contribution in [-0.4, -0.2) is 71.2 Å². The van der Waals surface area contributed by atoms with Gasteiger partial charge < -0.3 is 10.2 Å². The summed E-state index contributed by atoms with van der Waals surface area (Å²) >= 11 is 0. The third-order valence-corrected chi connectivity index (χ3v) is 4.64. The van der Waals surface area contributed by atoms with Crippen LogP contribution in [0, 0.1) is 0 Å². The molecule has 1 aliphatic heterocycles. The monoisotopic (exact) mass is 329 g/mol. The summed E-state index contributed by atoms with van der Waals surface area (Å²) in [6.45, 7) is 2.34. The van der Waals surface area contributed by atoms with Gasteiger partial charge in [0.25, 0.3) is 0 Å². The Bertz CT molecular complexity index is 741. The van der Waals surface area contributed by atoms with E-state index in [1.54, 1.807) is 11.9 Å². The molecule has 0 radical (unpaired) electrons. The van der Waals surface area contributed by atoms with Gasteiger partial charge in [-0.2, -0.15) is 5.10 Å². The summed E-state index contributed by atoms with van der Waals surface area (Å²) in [5, 5.41) is 8.09. The standard InChI is InChI=1S/C17H23N5O2/c1-18-17(24)15-12-21(10-9-20(15)2)16(23)7-8-22-14-6-4-3-5-13(14)11-19-22/h3-6,11,15H,7-10,12H2,1-2H3,(H,18,24). The summed E-state index contributed by atoms with van der Waals surface area (Å²) in [7, 11) is 3.54. The Kier molecular flexibility index (Phi) is 4.80. The second-order valence-electron chi connectivity index (χ2n) is 6.13. The lowest BCUT2D eigenvalue weighted by Crippen LogP contribution is -2.58. The number of nitrogens with zero attached hydrogens (tertiary/aromatic N) is 4. The van der Waals surface area contributed by atoms with Gasteiger partial charge in [-0.05, 0) is 13.1 Å². The molecular weight excluding hydrogens is 306 g/mol. The molecule has 0 spiro atoms. The molecule has 7 nitrogen and oxygen atoms in total. The molecule has 2 amide bonds. The maximum Gasteiger partial charge on any atom is 0.238 e. The van der Waals surface area contributed by atoms with Crippen LogP contribution in [0.5, 0.6) is 0 Å². The van der Waals surface area contributed by atoms with Gasteiger partial charge in [0.2, 0.25) is 11.8 Å². The summed E-state index contributed by atoms with van der Waals surface area (Å²) in [6, 6.07) is 7.68. The molecule has 1 aliphatic rings. The van der Waals surface area contributed by atoms with Gasteiger partial charge in [0, 0.05) is 38.5 Å². The minimum absolute atomic E-state index is 0.0481. The van der Waals surface area contributed by atoms with Gasteiger partial charge in [0.1, 0.15) is 6.04 Å². The van der Waals surface area contributed by atoms with Crippen LogP contribution < -0.4 is 5.32 Å². The average Bonchev–Trinajstić information content (AvgIpc) is 3.02. The number of carbonyl (C=O) groups excluding carboxylic acids is 2. The quantitative estimate of drug-likeness (QED) is 0.877. The maximum absolute atomic E-state index is 12.5. The van der Waals surface area contributed by atoms with E-state index in [0.29, 0.717) is 32.6 Å². The molecule has 3 rings (SSSR count). The lowest BCUT2D eigenvalue weighted by molar-refractivity contribution is -0.137. The van der Waals surface area contributed by atoms with E-state index in [2.05, 4.69) is 10.4 Å². The summed E-state index contributed by atoms with van der Waals surface area (Å²) in [4.78, 5) is 28.2. The van der Waals surface area contributed by atoms with Crippen LogP contribution in [-0.2, 0) is 16.1 Å². The molecule has 1 unspecified atom stereocenters. The molecule has 1 atom stereocenters. The predicted molar refractivity (Wildman–Crippen MR) is 91.4 cm³/mol. The van der Waals surface area contributed by atoms with Crippen molar-refractivity contribution in [2.45, 2.75) is 19.0 Å². The SMILES string of the molecule is CNC(=O)C1CN(C(=O)CCn2ncc3ccccc32)CCN1C. The molecule has 0 bridgehead atoms. The van der Waals surface area contributed by atoms with Gasteiger partial charge in [-0.15, -0.1) is 0 Å². The van der Waals surface area contributed by atoms with E-state index in [4.69, 9.17) is 0 Å². The highest BCUT2D eigenvalue weighted by Crippen LogP contribution is 2.14. The molecule has 1 N–H and O–H groups in total. The lowest BCUT2D eigenvalue weighted by atomic mass is 10.1. The topological polar surface area (TPSA) is 70.5 Å². The number of hydrogen-bond acceptors (Lipinski definition) is 4. The zero-order chi connectivity index (χ0) is 17.1. The number of nitrogens with one attached hydrogen (secondary N) is 1. The number of likely N-dealkylation sites (N-methyl/N-ethyl adjacent to an activating group) is 2. The zero-order valence-electron chi connectivity index (χ0n) is 14.1. The molecule has 2 aromatic rings. The van der Waals surface area contributed by atoms with Gasteiger partial charge >= 0.3 is 0 Å². The fourth-order valence-electron chi connectivity index (χ4n) is 3.11. The normalized spacial score (nSPS) is 18.8. The first kappa shape index (κ1) is 16.4. The Morgan fingerprint density at radius 2 is 2.08 bits per heavy atom. The van der Waals surface area contributed by atoms with E-state index >= 15 is 0 Å². The zero-order valence-corrected chi connectivity index (χ0v) is 14.1. The number of aromatic nitrogens is 2. The third kappa shape index (κ3) is 3.26. The van der Waals surface area contributed by atoms with Crippen LogP contribution in [0.4, 0.5) is 0 Å². The first-order valence-electron chi connectivity index (χ1n) is 8.20. The Morgan fingerprint density at radius 1 is 1.29 bits per heavy atom. The van der Waals surface area contributed by atoms with Gasteiger partial charge in [-0.1, -0.05) is 18.2 Å². The number of carbonyl (C=O) groups is 2. The molecule has 2 heterocycles. The van der Waals surface area contributed by atoms with Crippen LogP contribution in [0.1, 0.15) is 6.42 Å². The van der Waals surface area contributed by atoms with Crippen LogP contribution in [0.2, 0.25) is 0 Å². The highest BCUT2D eigenvalue weighted by molar-refractivity contribution is 5.84. The highest BCUT2D eigenvalue weighted by atomic mass is 16.2. The predicted octanol–water partition coefficient (Wildman–Crippen LogP) is 0.315. The fourth-order valence-corrected chi connectivity index (χ4v) is 3.11. The molecular formula is C17H23N5O2. The number of fused-ring (bicyclic) bond motifs is 1. The number of hydrogen-bond donors (Lipinski definition) is 1. The number of para-hydroxylation sites is 1. The molecule has 0 aliphatic carbocycles. The first-order chi connectivity index (χ1) is 11.6. The third-order valence-electron chi connectivity index (χ3n) is 4.64. The summed E-state index contributed by atoms with van der Waals surface area (Å²) < 4.78 is 1.86. The molecule has 24 heavy (non-hydrogen) atoms.